The van der Waals surface area contributed by atoms with E-state index in [-0.39, 0.29) is 17.5 Å². The van der Waals surface area contributed by atoms with Gasteiger partial charge in [-0.05, 0) is 30.5 Å². The second kappa shape index (κ2) is 9.45. The Morgan fingerprint density at radius 3 is 2.35 bits per heavy atom. The van der Waals surface area contributed by atoms with E-state index in [2.05, 4.69) is 14.7 Å². The number of carbonyl (C=O) groups is 1. The first-order valence-corrected chi connectivity index (χ1v) is 12.9. The number of amides is 1. The Morgan fingerprint density at radius 2 is 1.74 bits per heavy atom. The lowest BCUT2D eigenvalue weighted by molar-refractivity contribution is -0.137. The molecule has 2 aliphatic heterocycles. The number of anilines is 2. The third kappa shape index (κ3) is 5.81. The standard InChI is InChI=1S/C21H27F3N6O3S/c1-34(32,33)26-19-6-9-30(25-19)20(31)29-12-10-27(11-13-29)15-16-4-5-17(21(22,23)24)18(14-16)28-7-2-3-8-28/h4-6,9,14H,2-3,7-8,10-13,15H2,1H3,(H,25,26). The van der Waals surface area contributed by atoms with Gasteiger partial charge in [0, 0.05) is 63.8 Å². The summed E-state index contributed by atoms with van der Waals surface area (Å²) in [6.45, 7) is 3.71. The van der Waals surface area contributed by atoms with Crippen LogP contribution >= 0.6 is 0 Å². The highest BCUT2D eigenvalue weighted by Crippen LogP contribution is 2.38. The maximum atomic E-state index is 13.5. The van der Waals surface area contributed by atoms with Crippen LogP contribution in [-0.2, 0) is 22.7 Å². The molecular formula is C21H27F3N6O3S. The van der Waals surface area contributed by atoms with Crippen molar-refractivity contribution in [1.29, 1.82) is 0 Å². The number of halogens is 3. The van der Waals surface area contributed by atoms with Gasteiger partial charge in [0.05, 0.1) is 11.8 Å². The molecule has 1 amide bonds. The van der Waals surface area contributed by atoms with Crippen molar-refractivity contribution in [3.63, 3.8) is 0 Å². The summed E-state index contributed by atoms with van der Waals surface area (Å²) in [5.74, 6) is 0.0607. The summed E-state index contributed by atoms with van der Waals surface area (Å²) in [5, 5.41) is 3.96. The number of aromatic nitrogens is 2. The molecule has 34 heavy (non-hydrogen) atoms. The van der Waals surface area contributed by atoms with Crippen molar-refractivity contribution >= 4 is 27.6 Å². The molecular weight excluding hydrogens is 473 g/mol. The third-order valence-electron chi connectivity index (χ3n) is 5.94. The average Bonchev–Trinajstić information content (AvgIpc) is 3.44. The molecule has 1 aromatic heterocycles. The summed E-state index contributed by atoms with van der Waals surface area (Å²) >= 11 is 0. The maximum Gasteiger partial charge on any atom is 0.418 e. The van der Waals surface area contributed by atoms with Crippen LogP contribution in [0.4, 0.5) is 29.5 Å². The monoisotopic (exact) mass is 500 g/mol. The molecule has 0 bridgehead atoms. The third-order valence-corrected chi connectivity index (χ3v) is 6.52. The van der Waals surface area contributed by atoms with E-state index in [1.54, 1.807) is 15.9 Å². The number of nitrogens with zero attached hydrogens (tertiary/aromatic N) is 5. The zero-order valence-corrected chi connectivity index (χ0v) is 19.6. The molecule has 0 atom stereocenters. The Balaban J connectivity index is 1.37. The molecule has 0 unspecified atom stereocenters. The fraction of sp³-hybridized carbons (Fsp3) is 0.524. The first-order valence-electron chi connectivity index (χ1n) is 11.0. The molecule has 0 spiro atoms. The number of sulfonamides is 1. The summed E-state index contributed by atoms with van der Waals surface area (Å²) in [5.41, 5.74) is 0.448. The van der Waals surface area contributed by atoms with Crippen LogP contribution in [0.15, 0.2) is 30.5 Å². The van der Waals surface area contributed by atoms with Gasteiger partial charge in [0.25, 0.3) is 0 Å². The first-order chi connectivity index (χ1) is 16.0. The molecule has 2 aliphatic rings. The number of benzene rings is 1. The highest BCUT2D eigenvalue weighted by atomic mass is 32.2. The molecule has 1 aromatic carbocycles. The van der Waals surface area contributed by atoms with E-state index in [9.17, 15) is 26.4 Å². The van der Waals surface area contributed by atoms with Gasteiger partial charge in [0.15, 0.2) is 5.82 Å². The number of nitrogens with one attached hydrogen (secondary N) is 1. The van der Waals surface area contributed by atoms with Crippen LogP contribution in [0.2, 0.25) is 0 Å². The van der Waals surface area contributed by atoms with Crippen LogP contribution in [0.1, 0.15) is 24.0 Å². The van der Waals surface area contributed by atoms with E-state index < -0.39 is 21.8 Å². The molecule has 9 nitrogen and oxygen atoms in total. The van der Waals surface area contributed by atoms with E-state index in [1.165, 1.54) is 24.4 Å². The van der Waals surface area contributed by atoms with Gasteiger partial charge < -0.3 is 9.80 Å². The number of hydrogen-bond acceptors (Lipinski definition) is 6. The van der Waals surface area contributed by atoms with Crippen LogP contribution in [0.25, 0.3) is 0 Å². The van der Waals surface area contributed by atoms with Gasteiger partial charge in [-0.25, -0.2) is 13.2 Å². The lowest BCUT2D eigenvalue weighted by Crippen LogP contribution is -2.49. The van der Waals surface area contributed by atoms with Gasteiger partial charge in [0.2, 0.25) is 10.0 Å². The molecule has 186 valence electrons. The van der Waals surface area contributed by atoms with Gasteiger partial charge in [-0.3, -0.25) is 9.62 Å². The maximum absolute atomic E-state index is 13.5. The minimum Gasteiger partial charge on any atom is -0.371 e. The van der Waals surface area contributed by atoms with Crippen molar-refractivity contribution in [1.82, 2.24) is 19.6 Å². The Labute approximate surface area is 196 Å². The normalized spacial score (nSPS) is 17.9. The smallest absolute Gasteiger partial charge is 0.371 e. The Bertz CT molecular complexity index is 1140. The van der Waals surface area contributed by atoms with E-state index in [4.69, 9.17) is 0 Å². The molecule has 0 radical (unpaired) electrons. The highest BCUT2D eigenvalue weighted by Gasteiger charge is 2.35. The fourth-order valence-corrected chi connectivity index (χ4v) is 4.80. The second-order valence-corrected chi connectivity index (χ2v) is 10.4. The Kier molecular flexibility index (Phi) is 6.76. The van der Waals surface area contributed by atoms with E-state index >= 15 is 0 Å². The van der Waals surface area contributed by atoms with Crippen molar-refractivity contribution < 1.29 is 26.4 Å². The first kappa shape index (κ1) is 24.3. The zero-order valence-electron chi connectivity index (χ0n) is 18.8. The summed E-state index contributed by atoms with van der Waals surface area (Å²) in [4.78, 5) is 18.2. The Hall–Kier alpha value is -2.80. The predicted octanol–water partition coefficient (Wildman–Crippen LogP) is 2.66. The second-order valence-electron chi connectivity index (χ2n) is 8.61. The quantitative estimate of drug-likeness (QED) is 0.679. The molecule has 0 aliphatic carbocycles. The molecule has 2 saturated heterocycles. The highest BCUT2D eigenvalue weighted by molar-refractivity contribution is 7.92. The summed E-state index contributed by atoms with van der Waals surface area (Å²) in [7, 11) is -3.49. The SMILES string of the molecule is CS(=O)(=O)Nc1ccn(C(=O)N2CCN(Cc3ccc(C(F)(F)F)c(N4CCCC4)c3)CC2)n1. The van der Waals surface area contributed by atoms with Crippen LogP contribution < -0.4 is 9.62 Å². The van der Waals surface area contributed by atoms with Crippen molar-refractivity contribution in [2.24, 2.45) is 0 Å². The molecule has 3 heterocycles. The predicted molar refractivity (Wildman–Crippen MR) is 121 cm³/mol. The largest absolute Gasteiger partial charge is 0.418 e. The van der Waals surface area contributed by atoms with Crippen molar-refractivity contribution in [2.75, 3.05) is 55.1 Å². The minimum absolute atomic E-state index is 0.0607. The average molecular weight is 501 g/mol. The van der Waals surface area contributed by atoms with Crippen LogP contribution in [0, 0.1) is 0 Å². The van der Waals surface area contributed by atoms with Gasteiger partial charge in [0.1, 0.15) is 0 Å². The minimum atomic E-state index is -4.40. The van der Waals surface area contributed by atoms with Crippen LogP contribution in [0.3, 0.4) is 0 Å². The molecule has 0 saturated carbocycles. The summed E-state index contributed by atoms with van der Waals surface area (Å²) < 4.78 is 66.5. The summed E-state index contributed by atoms with van der Waals surface area (Å²) in [6, 6.07) is 5.37. The number of hydrogen-bond donors (Lipinski definition) is 1. The lowest BCUT2D eigenvalue weighted by Gasteiger charge is -2.34. The van der Waals surface area contributed by atoms with Crippen LogP contribution in [-0.4, -0.2) is 79.6 Å². The van der Waals surface area contributed by atoms with Crippen molar-refractivity contribution in [3.8, 4) is 0 Å². The number of piperazine rings is 1. The number of rotatable bonds is 5. The van der Waals surface area contributed by atoms with Gasteiger partial charge in [-0.2, -0.15) is 17.9 Å². The number of alkyl halides is 3. The fourth-order valence-electron chi connectivity index (χ4n) is 4.31. The van der Waals surface area contributed by atoms with E-state index in [0.717, 1.165) is 29.3 Å². The van der Waals surface area contributed by atoms with Gasteiger partial charge >= 0.3 is 12.2 Å². The molecule has 2 fully saturated rings. The van der Waals surface area contributed by atoms with Crippen molar-refractivity contribution in [3.05, 3.63) is 41.6 Å². The van der Waals surface area contributed by atoms with Gasteiger partial charge in [-0.1, -0.05) is 6.07 Å². The van der Waals surface area contributed by atoms with Crippen molar-refractivity contribution in [2.45, 2.75) is 25.6 Å². The number of carbonyl (C=O) groups excluding carboxylic acids is 1. The van der Waals surface area contributed by atoms with E-state index in [0.29, 0.717) is 45.8 Å². The molecule has 13 heteroatoms. The Morgan fingerprint density at radius 1 is 1.06 bits per heavy atom. The topological polar surface area (TPSA) is 90.8 Å². The molecule has 4 rings (SSSR count). The van der Waals surface area contributed by atoms with Crippen LogP contribution in [0.5, 0.6) is 0 Å². The zero-order chi connectivity index (χ0) is 24.5. The van der Waals surface area contributed by atoms with Gasteiger partial charge in [-0.15, -0.1) is 5.10 Å². The molecule has 1 N–H and O–H groups in total. The molecule has 2 aromatic rings. The lowest BCUT2D eigenvalue weighted by atomic mass is 10.1. The summed E-state index contributed by atoms with van der Waals surface area (Å²) in [6.07, 6.45) is -0.229. The van der Waals surface area contributed by atoms with E-state index in [1.807, 2.05) is 0 Å².